The monoisotopic (exact) mass is 260 g/mol. The quantitative estimate of drug-likeness (QED) is 0.652. The second-order valence-electron chi connectivity index (χ2n) is 3.45. The molecule has 0 aromatic heterocycles. The zero-order valence-corrected chi connectivity index (χ0v) is 10.1. The maximum Gasteiger partial charge on any atom is 0.188 e. The maximum atomic E-state index is 13.1. The molecule has 6 heteroatoms. The smallest absolute Gasteiger partial charge is 0.188 e. The molecule has 4 atom stereocenters. The Morgan fingerprint density at radius 3 is 2.19 bits per heavy atom. The fourth-order valence-corrected chi connectivity index (χ4v) is 1.77. The fourth-order valence-electron chi connectivity index (χ4n) is 0.999. The molecule has 0 radical (unpaired) electrons. The van der Waals surface area contributed by atoms with Gasteiger partial charge in [-0.05, 0) is 13.3 Å². The first-order valence-electron chi connectivity index (χ1n) is 5.12. The van der Waals surface area contributed by atoms with Crippen molar-refractivity contribution in [3.05, 3.63) is 0 Å². The van der Waals surface area contributed by atoms with Crippen LogP contribution in [-0.4, -0.2) is 35.6 Å². The summed E-state index contributed by atoms with van der Waals surface area (Å²) in [7, 11) is 0. The summed E-state index contributed by atoms with van der Waals surface area (Å²) in [6.45, 7) is 2.50. The lowest BCUT2D eigenvalue weighted by Gasteiger charge is -2.18. The van der Waals surface area contributed by atoms with Gasteiger partial charge in [0, 0.05) is 12.2 Å². The highest BCUT2D eigenvalue weighted by Crippen LogP contribution is 2.21. The number of rotatable bonds is 7. The van der Waals surface area contributed by atoms with E-state index in [1.54, 1.807) is 6.92 Å². The van der Waals surface area contributed by atoms with Crippen LogP contribution < -0.4 is 0 Å². The Labute approximate surface area is 97.0 Å². The minimum atomic E-state index is -2.46. The topological polar surface area (TPSA) is 17.1 Å². The van der Waals surface area contributed by atoms with Crippen LogP contribution in [0, 0.1) is 0 Å². The van der Waals surface area contributed by atoms with E-state index in [0.717, 1.165) is 18.7 Å². The minimum absolute atomic E-state index is 0.0850. The van der Waals surface area contributed by atoms with E-state index in [1.807, 2.05) is 0 Å². The molecule has 0 aliphatic carbocycles. The lowest BCUT2D eigenvalue weighted by molar-refractivity contribution is -0.110. The van der Waals surface area contributed by atoms with Crippen molar-refractivity contribution >= 4 is 16.9 Å². The van der Waals surface area contributed by atoms with Crippen molar-refractivity contribution in [3.63, 3.8) is 0 Å². The second kappa shape index (κ2) is 7.92. The van der Waals surface area contributed by atoms with E-state index in [0.29, 0.717) is 6.42 Å². The molecule has 0 heterocycles. The molecular formula is C10H16F4OS. The highest BCUT2D eigenvalue weighted by Gasteiger charge is 2.33. The number of thioether (sulfide) groups is 1. The van der Waals surface area contributed by atoms with Gasteiger partial charge in [0.2, 0.25) is 0 Å². The van der Waals surface area contributed by atoms with Gasteiger partial charge in [0.25, 0.3) is 0 Å². The van der Waals surface area contributed by atoms with Crippen molar-refractivity contribution in [2.45, 2.75) is 51.4 Å². The van der Waals surface area contributed by atoms with E-state index in [2.05, 4.69) is 0 Å². The Bertz CT molecular complexity index is 213. The second-order valence-corrected chi connectivity index (χ2v) is 4.60. The molecule has 0 saturated heterocycles. The fraction of sp³-hybridized carbons (Fsp3) is 0.900. The first-order valence-corrected chi connectivity index (χ1v) is 6.10. The molecule has 0 rings (SSSR count). The van der Waals surface area contributed by atoms with E-state index in [4.69, 9.17) is 0 Å². The van der Waals surface area contributed by atoms with Gasteiger partial charge >= 0.3 is 0 Å². The van der Waals surface area contributed by atoms with Crippen molar-refractivity contribution in [1.82, 2.24) is 0 Å². The van der Waals surface area contributed by atoms with Gasteiger partial charge in [0.05, 0.1) is 0 Å². The Morgan fingerprint density at radius 2 is 1.75 bits per heavy atom. The van der Waals surface area contributed by atoms with Gasteiger partial charge in [-0.3, -0.25) is 4.79 Å². The van der Waals surface area contributed by atoms with E-state index < -0.39 is 24.7 Å². The van der Waals surface area contributed by atoms with Crippen LogP contribution in [0.3, 0.4) is 0 Å². The number of alkyl halides is 4. The summed E-state index contributed by atoms with van der Waals surface area (Å²) in [6, 6.07) is 0. The third kappa shape index (κ3) is 5.72. The molecule has 0 aromatic rings. The minimum Gasteiger partial charge on any atom is -0.287 e. The van der Waals surface area contributed by atoms with Crippen molar-refractivity contribution in [2.24, 2.45) is 0 Å². The molecule has 16 heavy (non-hydrogen) atoms. The Morgan fingerprint density at radius 1 is 1.19 bits per heavy atom. The zero-order chi connectivity index (χ0) is 12.7. The lowest BCUT2D eigenvalue weighted by atomic mass is 10.1. The van der Waals surface area contributed by atoms with Crippen molar-refractivity contribution in [1.29, 1.82) is 0 Å². The molecule has 0 aromatic carbocycles. The third-order valence-corrected chi connectivity index (χ3v) is 3.08. The van der Waals surface area contributed by atoms with Crippen LogP contribution in [0.15, 0.2) is 0 Å². The Hall–Kier alpha value is -0.260. The number of hydrogen-bond donors (Lipinski definition) is 0. The van der Waals surface area contributed by atoms with Gasteiger partial charge in [0.15, 0.2) is 17.5 Å². The van der Waals surface area contributed by atoms with Gasteiger partial charge in [-0.1, -0.05) is 18.7 Å². The molecule has 1 nitrogen and oxygen atoms in total. The summed E-state index contributed by atoms with van der Waals surface area (Å²) in [5, 5.41) is -0.127. The van der Waals surface area contributed by atoms with Crippen LogP contribution in [0.2, 0.25) is 0 Å². The number of hydrogen-bond acceptors (Lipinski definition) is 2. The predicted octanol–water partition coefficient (Wildman–Crippen LogP) is 3.42. The van der Waals surface area contributed by atoms with E-state index in [1.165, 1.54) is 0 Å². The summed E-state index contributed by atoms with van der Waals surface area (Å²) < 4.78 is 51.1. The molecule has 0 aliphatic rings. The Balaban J connectivity index is 3.87. The SMILES string of the molecule is CCC(=O)SCCC(F)C(F)C(F)C(C)F. The first kappa shape index (κ1) is 15.7. The summed E-state index contributed by atoms with van der Waals surface area (Å²) in [6.07, 6.45) is -8.97. The van der Waals surface area contributed by atoms with Crippen molar-refractivity contribution in [3.8, 4) is 0 Å². The molecule has 0 fully saturated rings. The summed E-state index contributed by atoms with van der Waals surface area (Å²) >= 11 is 0.880. The lowest BCUT2D eigenvalue weighted by Crippen LogP contribution is -2.34. The van der Waals surface area contributed by atoms with Gasteiger partial charge < -0.3 is 0 Å². The highest BCUT2D eigenvalue weighted by molar-refractivity contribution is 8.13. The number of carbonyl (C=O) groups is 1. The summed E-state index contributed by atoms with van der Waals surface area (Å²) in [5.74, 6) is 0.0850. The van der Waals surface area contributed by atoms with Gasteiger partial charge in [-0.15, -0.1) is 0 Å². The van der Waals surface area contributed by atoms with Crippen LogP contribution in [0.25, 0.3) is 0 Å². The van der Waals surface area contributed by atoms with Crippen LogP contribution in [0.1, 0.15) is 26.7 Å². The van der Waals surface area contributed by atoms with Gasteiger partial charge in [-0.2, -0.15) is 0 Å². The third-order valence-electron chi connectivity index (χ3n) is 2.03. The van der Waals surface area contributed by atoms with E-state index in [-0.39, 0.29) is 17.3 Å². The molecular weight excluding hydrogens is 244 g/mol. The molecule has 0 saturated carbocycles. The average Bonchev–Trinajstić information content (AvgIpc) is 2.26. The van der Waals surface area contributed by atoms with Crippen molar-refractivity contribution in [2.75, 3.05) is 5.75 Å². The van der Waals surface area contributed by atoms with Crippen LogP contribution in [0.5, 0.6) is 0 Å². The largest absolute Gasteiger partial charge is 0.287 e. The van der Waals surface area contributed by atoms with Gasteiger partial charge in [0.1, 0.15) is 12.3 Å². The molecule has 96 valence electrons. The zero-order valence-electron chi connectivity index (χ0n) is 9.26. The molecule has 0 amide bonds. The molecule has 0 N–H and O–H groups in total. The average molecular weight is 260 g/mol. The number of carbonyl (C=O) groups excluding carboxylic acids is 1. The van der Waals surface area contributed by atoms with E-state index >= 15 is 0 Å². The molecule has 0 spiro atoms. The van der Waals surface area contributed by atoms with E-state index in [9.17, 15) is 22.4 Å². The summed E-state index contributed by atoms with van der Waals surface area (Å²) in [5.41, 5.74) is 0. The molecule has 4 unspecified atom stereocenters. The Kier molecular flexibility index (Phi) is 7.80. The first-order chi connectivity index (χ1) is 7.40. The maximum absolute atomic E-state index is 13.1. The number of halogens is 4. The van der Waals surface area contributed by atoms with Crippen LogP contribution in [0.4, 0.5) is 17.6 Å². The predicted molar refractivity (Wildman–Crippen MR) is 57.6 cm³/mol. The van der Waals surface area contributed by atoms with Crippen LogP contribution >= 0.6 is 11.8 Å². The molecule has 0 bridgehead atoms. The highest BCUT2D eigenvalue weighted by atomic mass is 32.2. The van der Waals surface area contributed by atoms with Gasteiger partial charge in [-0.25, -0.2) is 17.6 Å². The summed E-state index contributed by atoms with van der Waals surface area (Å²) in [4.78, 5) is 10.8. The molecule has 0 aliphatic heterocycles. The van der Waals surface area contributed by atoms with Crippen LogP contribution in [-0.2, 0) is 4.79 Å². The normalized spacial score (nSPS) is 18.9. The standard InChI is InChI=1S/C10H16F4OS/c1-3-8(15)16-5-4-7(12)10(14)9(13)6(2)11/h6-7,9-10H,3-5H2,1-2H3. The van der Waals surface area contributed by atoms with Crippen molar-refractivity contribution < 1.29 is 22.4 Å².